The molecule has 1 aromatic carbocycles. The molecular weight excluding hydrogens is 260 g/mol. The Kier molecular flexibility index (Phi) is 3.84. The maximum Gasteiger partial charge on any atom is 0.433 e. The van der Waals surface area contributed by atoms with Crippen LogP contribution in [0.25, 0.3) is 0 Å². The fourth-order valence-electron chi connectivity index (χ4n) is 1.85. The Balaban J connectivity index is 2.21. The van der Waals surface area contributed by atoms with Crippen LogP contribution < -0.4 is 5.32 Å². The first kappa shape index (κ1) is 13.8. The van der Waals surface area contributed by atoms with Crippen molar-refractivity contribution in [3.63, 3.8) is 0 Å². The standard InChI is InChI=1S/C14H14N2O4/c1-9(2)10-5-3-4-6-11(10)15-14(17)12-7-8-13(20-12)16(18)19/h3-9H,1-2H3,(H,15,17). The van der Waals surface area contributed by atoms with Crippen LogP contribution >= 0.6 is 0 Å². The van der Waals surface area contributed by atoms with Crippen molar-refractivity contribution in [2.45, 2.75) is 19.8 Å². The van der Waals surface area contributed by atoms with Gasteiger partial charge in [0.1, 0.15) is 4.92 Å². The summed E-state index contributed by atoms with van der Waals surface area (Å²) < 4.78 is 4.87. The van der Waals surface area contributed by atoms with E-state index in [4.69, 9.17) is 4.42 Å². The average molecular weight is 274 g/mol. The van der Waals surface area contributed by atoms with Gasteiger partial charge in [-0.2, -0.15) is 0 Å². The Bertz CT molecular complexity index is 646. The maximum atomic E-state index is 12.0. The van der Waals surface area contributed by atoms with Crippen molar-refractivity contribution in [1.82, 2.24) is 0 Å². The summed E-state index contributed by atoms with van der Waals surface area (Å²) in [6.07, 6.45) is 0. The van der Waals surface area contributed by atoms with E-state index in [2.05, 4.69) is 5.32 Å². The number of amides is 1. The number of carbonyl (C=O) groups excluding carboxylic acids is 1. The van der Waals surface area contributed by atoms with E-state index >= 15 is 0 Å². The highest BCUT2D eigenvalue weighted by molar-refractivity contribution is 6.02. The lowest BCUT2D eigenvalue weighted by Crippen LogP contribution is -2.12. The first-order chi connectivity index (χ1) is 9.49. The third-order valence-electron chi connectivity index (χ3n) is 2.83. The van der Waals surface area contributed by atoms with Gasteiger partial charge in [0, 0.05) is 5.69 Å². The van der Waals surface area contributed by atoms with E-state index in [1.807, 2.05) is 32.0 Å². The summed E-state index contributed by atoms with van der Waals surface area (Å²) in [6.45, 7) is 4.03. The predicted octanol–water partition coefficient (Wildman–Crippen LogP) is 3.56. The summed E-state index contributed by atoms with van der Waals surface area (Å²) in [4.78, 5) is 21.8. The highest BCUT2D eigenvalue weighted by Gasteiger charge is 2.18. The maximum absolute atomic E-state index is 12.0. The molecule has 0 unspecified atom stereocenters. The van der Waals surface area contributed by atoms with Crippen LogP contribution in [0.15, 0.2) is 40.8 Å². The third-order valence-corrected chi connectivity index (χ3v) is 2.83. The van der Waals surface area contributed by atoms with Crippen LogP contribution in [0.3, 0.4) is 0 Å². The molecule has 6 heteroatoms. The Morgan fingerprint density at radius 3 is 2.55 bits per heavy atom. The smallest absolute Gasteiger partial charge is 0.395 e. The molecule has 0 aliphatic heterocycles. The van der Waals surface area contributed by atoms with Gasteiger partial charge in [0.15, 0.2) is 5.76 Å². The number of furan rings is 1. The van der Waals surface area contributed by atoms with Crippen LogP contribution in [0, 0.1) is 10.1 Å². The van der Waals surface area contributed by atoms with Crippen molar-refractivity contribution in [3.05, 3.63) is 57.8 Å². The molecule has 0 radical (unpaired) electrons. The second-order valence-electron chi connectivity index (χ2n) is 4.59. The van der Waals surface area contributed by atoms with Crippen LogP contribution in [0.5, 0.6) is 0 Å². The van der Waals surface area contributed by atoms with E-state index in [0.717, 1.165) is 11.6 Å². The summed E-state index contributed by atoms with van der Waals surface area (Å²) in [6, 6.07) is 9.85. The normalized spacial score (nSPS) is 10.6. The molecule has 1 heterocycles. The third kappa shape index (κ3) is 2.85. The summed E-state index contributed by atoms with van der Waals surface area (Å²) in [5.74, 6) is -0.800. The largest absolute Gasteiger partial charge is 0.433 e. The van der Waals surface area contributed by atoms with E-state index in [-0.39, 0.29) is 11.7 Å². The number of hydrogen-bond donors (Lipinski definition) is 1. The monoisotopic (exact) mass is 274 g/mol. The number of nitrogens with zero attached hydrogens (tertiary/aromatic N) is 1. The Morgan fingerprint density at radius 1 is 1.25 bits per heavy atom. The van der Waals surface area contributed by atoms with E-state index in [1.165, 1.54) is 6.07 Å². The lowest BCUT2D eigenvalue weighted by Gasteiger charge is -2.12. The second-order valence-corrected chi connectivity index (χ2v) is 4.59. The van der Waals surface area contributed by atoms with Crippen LogP contribution in [0.1, 0.15) is 35.9 Å². The summed E-state index contributed by atoms with van der Waals surface area (Å²) in [7, 11) is 0. The summed E-state index contributed by atoms with van der Waals surface area (Å²) in [5.41, 5.74) is 1.66. The number of nitrogens with one attached hydrogen (secondary N) is 1. The van der Waals surface area contributed by atoms with Gasteiger partial charge in [-0.15, -0.1) is 0 Å². The fraction of sp³-hybridized carbons (Fsp3) is 0.214. The first-order valence-electron chi connectivity index (χ1n) is 6.13. The highest BCUT2D eigenvalue weighted by atomic mass is 16.6. The zero-order valence-electron chi connectivity index (χ0n) is 11.1. The molecule has 0 fully saturated rings. The number of para-hydroxylation sites is 1. The molecule has 2 rings (SSSR count). The molecule has 6 nitrogen and oxygen atoms in total. The molecule has 0 spiro atoms. The molecule has 2 aromatic rings. The van der Waals surface area contributed by atoms with Gasteiger partial charge in [-0.1, -0.05) is 32.0 Å². The average Bonchev–Trinajstić information content (AvgIpc) is 2.89. The van der Waals surface area contributed by atoms with Gasteiger partial charge in [0.25, 0.3) is 5.91 Å². The van der Waals surface area contributed by atoms with Crippen molar-refractivity contribution in [1.29, 1.82) is 0 Å². The minimum atomic E-state index is -0.682. The molecule has 1 N–H and O–H groups in total. The van der Waals surface area contributed by atoms with Crippen LogP contribution in [-0.4, -0.2) is 10.8 Å². The summed E-state index contributed by atoms with van der Waals surface area (Å²) in [5, 5.41) is 13.2. The van der Waals surface area contributed by atoms with Crippen molar-refractivity contribution in [2.75, 3.05) is 5.32 Å². The molecule has 1 aromatic heterocycles. The van der Waals surface area contributed by atoms with Crippen molar-refractivity contribution in [3.8, 4) is 0 Å². The molecule has 1 amide bonds. The van der Waals surface area contributed by atoms with Gasteiger partial charge in [-0.25, -0.2) is 0 Å². The predicted molar refractivity (Wildman–Crippen MR) is 73.8 cm³/mol. The number of hydrogen-bond acceptors (Lipinski definition) is 4. The van der Waals surface area contributed by atoms with Crippen LogP contribution in [0.4, 0.5) is 11.6 Å². The Labute approximate surface area is 115 Å². The number of benzene rings is 1. The molecular formula is C14H14N2O4. The number of anilines is 1. The van der Waals surface area contributed by atoms with Crippen LogP contribution in [0.2, 0.25) is 0 Å². The number of rotatable bonds is 4. The number of carbonyl (C=O) groups is 1. The Morgan fingerprint density at radius 2 is 1.95 bits per heavy atom. The molecule has 104 valence electrons. The lowest BCUT2D eigenvalue weighted by molar-refractivity contribution is -0.402. The minimum Gasteiger partial charge on any atom is -0.395 e. The molecule has 0 aliphatic rings. The second kappa shape index (κ2) is 5.56. The van der Waals surface area contributed by atoms with E-state index in [0.29, 0.717) is 5.69 Å². The quantitative estimate of drug-likeness (QED) is 0.682. The molecule has 0 aliphatic carbocycles. The van der Waals surface area contributed by atoms with Gasteiger partial charge >= 0.3 is 5.88 Å². The summed E-state index contributed by atoms with van der Waals surface area (Å²) >= 11 is 0. The van der Waals surface area contributed by atoms with Crippen molar-refractivity contribution < 1.29 is 14.1 Å². The van der Waals surface area contributed by atoms with Gasteiger partial charge in [0.05, 0.1) is 6.07 Å². The van der Waals surface area contributed by atoms with Crippen LogP contribution in [-0.2, 0) is 0 Å². The SMILES string of the molecule is CC(C)c1ccccc1NC(=O)c1ccc([N+](=O)[O-])o1. The Hall–Kier alpha value is -2.63. The van der Waals surface area contributed by atoms with Gasteiger partial charge < -0.3 is 9.73 Å². The molecule has 0 saturated heterocycles. The lowest BCUT2D eigenvalue weighted by atomic mass is 10.0. The van der Waals surface area contributed by atoms with Crippen molar-refractivity contribution in [2.24, 2.45) is 0 Å². The number of nitro groups is 1. The van der Waals surface area contributed by atoms with Gasteiger partial charge in [0.2, 0.25) is 0 Å². The van der Waals surface area contributed by atoms with Gasteiger partial charge in [-0.05, 0) is 23.6 Å². The fourth-order valence-corrected chi connectivity index (χ4v) is 1.85. The topological polar surface area (TPSA) is 85.4 Å². The van der Waals surface area contributed by atoms with E-state index in [1.54, 1.807) is 6.07 Å². The van der Waals surface area contributed by atoms with E-state index < -0.39 is 16.7 Å². The zero-order chi connectivity index (χ0) is 14.7. The van der Waals surface area contributed by atoms with E-state index in [9.17, 15) is 14.9 Å². The first-order valence-corrected chi connectivity index (χ1v) is 6.13. The highest BCUT2D eigenvalue weighted by Crippen LogP contribution is 2.24. The molecule has 0 saturated carbocycles. The van der Waals surface area contributed by atoms with Gasteiger partial charge in [-0.3, -0.25) is 14.9 Å². The molecule has 0 atom stereocenters. The molecule has 0 bridgehead atoms. The minimum absolute atomic E-state index is 0.0877. The molecule has 20 heavy (non-hydrogen) atoms. The van der Waals surface area contributed by atoms with Crippen molar-refractivity contribution >= 4 is 17.5 Å². The zero-order valence-corrected chi connectivity index (χ0v) is 11.1.